The van der Waals surface area contributed by atoms with Gasteiger partial charge in [0, 0.05) is 25.5 Å². The number of carboxylic acid groups (broad SMARTS) is 1. The molecule has 0 unspecified atom stereocenters. The third kappa shape index (κ3) is 3.03. The molecule has 19 heavy (non-hydrogen) atoms. The normalized spacial score (nSPS) is 19.1. The lowest BCUT2D eigenvalue weighted by Gasteiger charge is -2.39. The molecule has 1 fully saturated rings. The fourth-order valence-electron chi connectivity index (χ4n) is 2.68. The van der Waals surface area contributed by atoms with E-state index >= 15 is 0 Å². The van der Waals surface area contributed by atoms with Gasteiger partial charge >= 0.3 is 5.97 Å². The predicted molar refractivity (Wildman–Crippen MR) is 73.4 cm³/mol. The Kier molecular flexibility index (Phi) is 3.73. The zero-order valence-corrected chi connectivity index (χ0v) is 11.8. The fourth-order valence-corrected chi connectivity index (χ4v) is 2.68. The highest BCUT2D eigenvalue weighted by atomic mass is 16.4. The van der Waals surface area contributed by atoms with E-state index in [4.69, 9.17) is 5.11 Å². The average molecular weight is 263 g/mol. The maximum absolute atomic E-state index is 11.2. The molecule has 2 rings (SSSR count). The minimum absolute atomic E-state index is 0.0369. The Bertz CT molecular complexity index is 464. The number of hydrogen-bond acceptors (Lipinski definition) is 4. The van der Waals surface area contributed by atoms with Gasteiger partial charge in [-0.25, -0.2) is 14.8 Å². The zero-order valence-electron chi connectivity index (χ0n) is 11.8. The molecule has 1 N–H and O–H groups in total. The van der Waals surface area contributed by atoms with Crippen LogP contribution in [0, 0.1) is 5.41 Å². The summed E-state index contributed by atoms with van der Waals surface area (Å²) in [5.41, 5.74) is 0.435. The van der Waals surface area contributed by atoms with Crippen LogP contribution in [0.15, 0.2) is 12.4 Å². The van der Waals surface area contributed by atoms with E-state index < -0.39 is 5.97 Å². The number of carbonyl (C=O) groups is 1. The largest absolute Gasteiger partial charge is 0.476 e. The van der Waals surface area contributed by atoms with Gasteiger partial charge in [0.15, 0.2) is 11.5 Å². The second kappa shape index (κ2) is 5.15. The molecular weight excluding hydrogens is 242 g/mol. The summed E-state index contributed by atoms with van der Waals surface area (Å²) in [4.78, 5) is 21.3. The van der Waals surface area contributed by atoms with E-state index in [2.05, 4.69) is 23.8 Å². The number of nitrogens with zero attached hydrogens (tertiary/aromatic N) is 3. The number of aromatic nitrogens is 2. The molecule has 5 heteroatoms. The van der Waals surface area contributed by atoms with Gasteiger partial charge in [-0.2, -0.15) is 0 Å². The highest BCUT2D eigenvalue weighted by Crippen LogP contribution is 2.37. The number of hydrogen-bond donors (Lipinski definition) is 1. The van der Waals surface area contributed by atoms with Crippen molar-refractivity contribution in [2.75, 3.05) is 11.9 Å². The minimum Gasteiger partial charge on any atom is -0.476 e. The van der Waals surface area contributed by atoms with Crippen LogP contribution in [0.3, 0.4) is 0 Å². The molecule has 1 aliphatic rings. The lowest BCUT2D eigenvalue weighted by atomic mass is 9.75. The van der Waals surface area contributed by atoms with E-state index in [1.54, 1.807) is 6.20 Å². The fraction of sp³-hybridized carbons (Fsp3) is 0.643. The SMILES string of the molecule is CN(c1nccnc1C(=O)O)C1CCC(C)(C)CC1. The maximum Gasteiger partial charge on any atom is 0.358 e. The molecule has 0 aliphatic heterocycles. The number of rotatable bonds is 3. The summed E-state index contributed by atoms with van der Waals surface area (Å²) in [6.07, 6.45) is 7.42. The molecule has 1 aliphatic carbocycles. The Labute approximate surface area is 113 Å². The van der Waals surface area contributed by atoms with Gasteiger partial charge < -0.3 is 10.0 Å². The first-order chi connectivity index (χ1) is 8.91. The van der Waals surface area contributed by atoms with Crippen molar-refractivity contribution in [3.05, 3.63) is 18.1 Å². The van der Waals surface area contributed by atoms with Crippen molar-refractivity contribution in [2.45, 2.75) is 45.6 Å². The van der Waals surface area contributed by atoms with Crippen LogP contribution in [0.2, 0.25) is 0 Å². The lowest BCUT2D eigenvalue weighted by Crippen LogP contribution is -2.38. The van der Waals surface area contributed by atoms with Crippen LogP contribution in [0.1, 0.15) is 50.0 Å². The Morgan fingerprint density at radius 1 is 1.32 bits per heavy atom. The molecule has 1 aromatic rings. The van der Waals surface area contributed by atoms with Crippen molar-refractivity contribution in [3.8, 4) is 0 Å². The summed E-state index contributed by atoms with van der Waals surface area (Å²) >= 11 is 0. The molecule has 0 bridgehead atoms. The molecule has 1 aromatic heterocycles. The summed E-state index contributed by atoms with van der Waals surface area (Å²) in [6.45, 7) is 4.57. The van der Waals surface area contributed by atoms with Crippen molar-refractivity contribution in [2.24, 2.45) is 5.41 Å². The highest BCUT2D eigenvalue weighted by Gasteiger charge is 2.30. The first-order valence-corrected chi connectivity index (χ1v) is 6.68. The van der Waals surface area contributed by atoms with E-state index in [0.29, 0.717) is 17.3 Å². The summed E-state index contributed by atoms with van der Waals surface area (Å²) < 4.78 is 0. The van der Waals surface area contributed by atoms with E-state index in [1.807, 2.05) is 11.9 Å². The molecule has 5 nitrogen and oxygen atoms in total. The van der Waals surface area contributed by atoms with Crippen LogP contribution < -0.4 is 4.90 Å². The Balaban J connectivity index is 2.17. The number of carboxylic acids is 1. The third-order valence-electron chi connectivity index (χ3n) is 4.07. The van der Waals surface area contributed by atoms with Crippen LogP contribution in [0.25, 0.3) is 0 Å². The molecule has 1 saturated carbocycles. The van der Waals surface area contributed by atoms with Crippen LogP contribution >= 0.6 is 0 Å². The van der Waals surface area contributed by atoms with Gasteiger partial charge in [-0.05, 0) is 31.1 Å². The molecule has 0 saturated heterocycles. The average Bonchev–Trinajstić information content (AvgIpc) is 2.38. The minimum atomic E-state index is -1.02. The molecule has 0 radical (unpaired) electrons. The molecular formula is C14H21N3O2. The van der Waals surface area contributed by atoms with Crippen molar-refractivity contribution in [3.63, 3.8) is 0 Å². The maximum atomic E-state index is 11.2. The van der Waals surface area contributed by atoms with Gasteiger partial charge in [-0.1, -0.05) is 13.8 Å². The number of aromatic carboxylic acids is 1. The van der Waals surface area contributed by atoms with E-state index in [0.717, 1.165) is 25.7 Å². The molecule has 0 amide bonds. The van der Waals surface area contributed by atoms with E-state index in [-0.39, 0.29) is 5.69 Å². The molecule has 0 atom stereocenters. The molecule has 1 heterocycles. The Morgan fingerprint density at radius 3 is 2.47 bits per heavy atom. The van der Waals surface area contributed by atoms with Crippen molar-refractivity contribution in [1.29, 1.82) is 0 Å². The highest BCUT2D eigenvalue weighted by molar-refractivity contribution is 5.90. The molecule has 0 aromatic carbocycles. The summed E-state index contributed by atoms with van der Waals surface area (Å²) in [7, 11) is 1.92. The van der Waals surface area contributed by atoms with Gasteiger partial charge in [-0.15, -0.1) is 0 Å². The van der Waals surface area contributed by atoms with Gasteiger partial charge in [-0.3, -0.25) is 0 Å². The van der Waals surface area contributed by atoms with Crippen molar-refractivity contribution < 1.29 is 9.90 Å². The first-order valence-electron chi connectivity index (χ1n) is 6.68. The van der Waals surface area contributed by atoms with Crippen LogP contribution in [0.4, 0.5) is 5.82 Å². The molecule has 104 valence electrons. The van der Waals surface area contributed by atoms with E-state index in [1.165, 1.54) is 6.20 Å². The smallest absolute Gasteiger partial charge is 0.358 e. The Morgan fingerprint density at radius 2 is 1.89 bits per heavy atom. The second-order valence-corrected chi connectivity index (χ2v) is 6.04. The van der Waals surface area contributed by atoms with Crippen LogP contribution in [-0.4, -0.2) is 34.1 Å². The number of anilines is 1. The van der Waals surface area contributed by atoms with Crippen LogP contribution in [0.5, 0.6) is 0 Å². The predicted octanol–water partition coefficient (Wildman–Crippen LogP) is 2.58. The first kappa shape index (κ1) is 13.8. The van der Waals surface area contributed by atoms with Gasteiger partial charge in [0.25, 0.3) is 0 Å². The Hall–Kier alpha value is -1.65. The van der Waals surface area contributed by atoms with Crippen molar-refractivity contribution in [1.82, 2.24) is 9.97 Å². The zero-order chi connectivity index (χ0) is 14.0. The van der Waals surface area contributed by atoms with Crippen LogP contribution in [-0.2, 0) is 0 Å². The topological polar surface area (TPSA) is 66.3 Å². The monoisotopic (exact) mass is 263 g/mol. The summed E-state index contributed by atoms with van der Waals surface area (Å²) in [5.74, 6) is -0.550. The summed E-state index contributed by atoms with van der Waals surface area (Å²) in [6, 6.07) is 0.350. The van der Waals surface area contributed by atoms with E-state index in [9.17, 15) is 4.79 Å². The summed E-state index contributed by atoms with van der Waals surface area (Å²) in [5, 5.41) is 9.17. The van der Waals surface area contributed by atoms with Gasteiger partial charge in [0.2, 0.25) is 0 Å². The lowest BCUT2D eigenvalue weighted by molar-refractivity contribution is 0.0690. The molecule has 0 spiro atoms. The van der Waals surface area contributed by atoms with Crippen molar-refractivity contribution >= 4 is 11.8 Å². The van der Waals surface area contributed by atoms with Gasteiger partial charge in [0.1, 0.15) is 0 Å². The quantitative estimate of drug-likeness (QED) is 0.908. The third-order valence-corrected chi connectivity index (χ3v) is 4.07. The standard InChI is InChI=1S/C14H21N3O2/c1-14(2)6-4-10(5-7-14)17(3)12-11(13(18)19)15-8-9-16-12/h8-10H,4-7H2,1-3H3,(H,18,19). The second-order valence-electron chi connectivity index (χ2n) is 6.04. The van der Waals surface area contributed by atoms with Gasteiger partial charge in [0.05, 0.1) is 0 Å².